The molecule has 0 unspecified atom stereocenters. The zero-order valence-electron chi connectivity index (χ0n) is 19.8. The second-order valence-corrected chi connectivity index (χ2v) is 7.78. The van der Waals surface area contributed by atoms with Gasteiger partial charge in [0.15, 0.2) is 23.9 Å². The molecule has 1 heterocycles. The number of fused-ring (bicyclic) bond motifs is 1. The highest BCUT2D eigenvalue weighted by atomic mass is 16.5. The Bertz CT molecular complexity index is 1330. The first kappa shape index (κ1) is 23.8. The van der Waals surface area contributed by atoms with Crippen LogP contribution < -0.4 is 9.47 Å². The maximum absolute atomic E-state index is 12.8. The molecule has 4 aromatic rings. The minimum atomic E-state index is -0.595. The lowest BCUT2D eigenvalue weighted by Crippen LogP contribution is -2.34. The summed E-state index contributed by atoms with van der Waals surface area (Å²) in [5.74, 6) is 0.867. The van der Waals surface area contributed by atoms with Crippen molar-refractivity contribution in [1.82, 2.24) is 10.1 Å². The van der Waals surface area contributed by atoms with Crippen LogP contribution in [0.4, 0.5) is 0 Å². The van der Waals surface area contributed by atoms with Crippen molar-refractivity contribution in [3.05, 3.63) is 77.9 Å². The van der Waals surface area contributed by atoms with Crippen LogP contribution in [0.5, 0.6) is 11.5 Å². The molecule has 1 amide bonds. The van der Waals surface area contributed by atoms with E-state index in [4.69, 9.17) is 18.7 Å². The third-order valence-corrected chi connectivity index (χ3v) is 5.63. The van der Waals surface area contributed by atoms with Gasteiger partial charge in [0.1, 0.15) is 5.52 Å². The van der Waals surface area contributed by atoms with E-state index in [1.807, 2.05) is 49.4 Å². The molecule has 0 saturated carbocycles. The lowest BCUT2D eigenvalue weighted by atomic mass is 10.1. The number of esters is 1. The molecule has 4 rings (SSSR count). The van der Waals surface area contributed by atoms with E-state index in [9.17, 15) is 9.59 Å². The van der Waals surface area contributed by atoms with Gasteiger partial charge in [-0.05, 0) is 42.8 Å². The minimum absolute atomic E-state index is 0.299. The number of carbonyl (C=O) groups is 2. The van der Waals surface area contributed by atoms with Crippen molar-refractivity contribution in [3.63, 3.8) is 0 Å². The molecule has 0 aliphatic rings. The summed E-state index contributed by atoms with van der Waals surface area (Å²) >= 11 is 0. The van der Waals surface area contributed by atoms with Gasteiger partial charge in [-0.1, -0.05) is 41.6 Å². The molecule has 0 aliphatic carbocycles. The molecule has 0 aliphatic heterocycles. The molecule has 0 radical (unpaired) electrons. The van der Waals surface area contributed by atoms with Gasteiger partial charge < -0.3 is 23.6 Å². The SMILES string of the molecule is CCN(Cc1ccc(OC)c(OC)c1)C(=O)COC(=O)c1ccc2noc(-c3ccccc3)c2c1. The summed E-state index contributed by atoms with van der Waals surface area (Å²) in [6.07, 6.45) is 0. The summed E-state index contributed by atoms with van der Waals surface area (Å²) in [5.41, 5.74) is 2.66. The number of aromatic nitrogens is 1. The normalized spacial score (nSPS) is 10.7. The monoisotopic (exact) mass is 474 g/mol. The van der Waals surface area contributed by atoms with Crippen LogP contribution >= 0.6 is 0 Å². The van der Waals surface area contributed by atoms with Crippen molar-refractivity contribution in [3.8, 4) is 22.8 Å². The van der Waals surface area contributed by atoms with Crippen LogP contribution in [0.1, 0.15) is 22.8 Å². The van der Waals surface area contributed by atoms with Crippen LogP contribution in [0.3, 0.4) is 0 Å². The van der Waals surface area contributed by atoms with Crippen LogP contribution in [0.25, 0.3) is 22.2 Å². The van der Waals surface area contributed by atoms with E-state index in [0.29, 0.717) is 46.8 Å². The van der Waals surface area contributed by atoms with Crippen molar-refractivity contribution in [2.75, 3.05) is 27.4 Å². The maximum Gasteiger partial charge on any atom is 0.338 e. The Balaban J connectivity index is 1.43. The van der Waals surface area contributed by atoms with E-state index in [-0.39, 0.29) is 12.5 Å². The van der Waals surface area contributed by atoms with Gasteiger partial charge in [0, 0.05) is 18.7 Å². The van der Waals surface area contributed by atoms with Gasteiger partial charge in [-0.25, -0.2) is 4.79 Å². The van der Waals surface area contributed by atoms with E-state index in [1.54, 1.807) is 43.4 Å². The molecule has 8 nitrogen and oxygen atoms in total. The largest absolute Gasteiger partial charge is 0.493 e. The number of carbonyl (C=O) groups excluding carboxylic acids is 2. The molecular weight excluding hydrogens is 448 g/mol. The number of methoxy groups -OCH3 is 2. The lowest BCUT2D eigenvalue weighted by Gasteiger charge is -2.21. The lowest BCUT2D eigenvalue weighted by molar-refractivity contribution is -0.134. The molecule has 180 valence electrons. The standard InChI is InChI=1S/C27H26N2O6/c1-4-29(16-18-10-13-23(32-2)24(14-18)33-3)25(30)17-34-27(31)20-11-12-22-21(15-20)26(35-28-22)19-8-6-5-7-9-19/h5-15H,4,16-17H2,1-3H3. The zero-order chi connectivity index (χ0) is 24.8. The number of rotatable bonds is 9. The molecule has 0 atom stereocenters. The molecular formula is C27H26N2O6. The fourth-order valence-corrected chi connectivity index (χ4v) is 3.74. The number of amides is 1. The molecule has 0 bridgehead atoms. The van der Waals surface area contributed by atoms with E-state index in [1.165, 1.54) is 0 Å². The van der Waals surface area contributed by atoms with Crippen LogP contribution in [0.2, 0.25) is 0 Å². The first-order valence-corrected chi connectivity index (χ1v) is 11.1. The van der Waals surface area contributed by atoms with Crippen molar-refractivity contribution in [2.45, 2.75) is 13.5 Å². The number of benzene rings is 3. The van der Waals surface area contributed by atoms with Gasteiger partial charge >= 0.3 is 5.97 Å². The summed E-state index contributed by atoms with van der Waals surface area (Å²) in [6, 6.07) is 20.0. The molecule has 0 spiro atoms. The average molecular weight is 475 g/mol. The summed E-state index contributed by atoms with van der Waals surface area (Å²) in [6.45, 7) is 2.30. The Morgan fingerprint density at radius 3 is 2.43 bits per heavy atom. The first-order chi connectivity index (χ1) is 17.0. The fourth-order valence-electron chi connectivity index (χ4n) is 3.74. The predicted molar refractivity (Wildman–Crippen MR) is 130 cm³/mol. The average Bonchev–Trinajstić information content (AvgIpc) is 3.33. The number of nitrogens with zero attached hydrogens (tertiary/aromatic N) is 2. The van der Waals surface area contributed by atoms with E-state index >= 15 is 0 Å². The fraction of sp³-hybridized carbons (Fsp3) is 0.222. The number of ether oxygens (including phenoxy) is 3. The van der Waals surface area contributed by atoms with Crippen molar-refractivity contribution in [2.24, 2.45) is 0 Å². The highest BCUT2D eigenvalue weighted by Crippen LogP contribution is 2.30. The second-order valence-electron chi connectivity index (χ2n) is 7.78. The Morgan fingerprint density at radius 2 is 1.71 bits per heavy atom. The Labute approximate surface area is 203 Å². The highest BCUT2D eigenvalue weighted by Gasteiger charge is 2.18. The van der Waals surface area contributed by atoms with Gasteiger partial charge in [-0.3, -0.25) is 4.79 Å². The molecule has 8 heteroatoms. The second kappa shape index (κ2) is 10.7. The number of likely N-dealkylation sites (N-methyl/N-ethyl adjacent to an activating group) is 1. The van der Waals surface area contributed by atoms with E-state index in [2.05, 4.69) is 5.16 Å². The van der Waals surface area contributed by atoms with Gasteiger partial charge in [0.25, 0.3) is 5.91 Å². The highest BCUT2D eigenvalue weighted by molar-refractivity contribution is 5.99. The number of hydrogen-bond donors (Lipinski definition) is 0. The molecule has 0 saturated heterocycles. The summed E-state index contributed by atoms with van der Waals surface area (Å²) in [7, 11) is 3.13. The summed E-state index contributed by atoms with van der Waals surface area (Å²) < 4.78 is 21.4. The molecule has 0 N–H and O–H groups in total. The molecule has 0 fully saturated rings. The maximum atomic E-state index is 12.8. The zero-order valence-corrected chi connectivity index (χ0v) is 19.8. The summed E-state index contributed by atoms with van der Waals surface area (Å²) in [5, 5.41) is 4.76. The Hall–Kier alpha value is -4.33. The molecule has 1 aromatic heterocycles. The third-order valence-electron chi connectivity index (χ3n) is 5.63. The Morgan fingerprint density at radius 1 is 0.943 bits per heavy atom. The van der Waals surface area contributed by atoms with Crippen LogP contribution in [-0.2, 0) is 16.1 Å². The van der Waals surface area contributed by atoms with Crippen LogP contribution in [0.15, 0.2) is 71.3 Å². The van der Waals surface area contributed by atoms with Crippen LogP contribution in [0, 0.1) is 0 Å². The van der Waals surface area contributed by atoms with Crippen molar-refractivity contribution < 1.29 is 28.3 Å². The Kier molecular flexibility index (Phi) is 7.30. The first-order valence-electron chi connectivity index (χ1n) is 11.1. The van der Waals surface area contributed by atoms with Crippen LogP contribution in [-0.4, -0.2) is 49.3 Å². The quantitative estimate of drug-likeness (QED) is 0.324. The predicted octanol–water partition coefficient (Wildman–Crippen LogP) is 4.72. The molecule has 3 aromatic carbocycles. The van der Waals surface area contributed by atoms with Crippen molar-refractivity contribution in [1.29, 1.82) is 0 Å². The molecule has 35 heavy (non-hydrogen) atoms. The van der Waals surface area contributed by atoms with Gasteiger partial charge in [0.05, 0.1) is 25.2 Å². The van der Waals surface area contributed by atoms with Crippen molar-refractivity contribution >= 4 is 22.8 Å². The van der Waals surface area contributed by atoms with E-state index in [0.717, 1.165) is 11.1 Å². The van der Waals surface area contributed by atoms with E-state index < -0.39 is 5.97 Å². The van der Waals surface area contributed by atoms with Gasteiger partial charge in [-0.2, -0.15) is 0 Å². The smallest absolute Gasteiger partial charge is 0.338 e. The van der Waals surface area contributed by atoms with Gasteiger partial charge in [0.2, 0.25) is 0 Å². The third kappa shape index (κ3) is 5.27. The minimum Gasteiger partial charge on any atom is -0.493 e. The topological polar surface area (TPSA) is 91.1 Å². The van der Waals surface area contributed by atoms with Gasteiger partial charge in [-0.15, -0.1) is 0 Å². The summed E-state index contributed by atoms with van der Waals surface area (Å²) in [4.78, 5) is 27.1. The number of hydrogen-bond acceptors (Lipinski definition) is 7.